The van der Waals surface area contributed by atoms with Gasteiger partial charge in [-0.25, -0.2) is 4.39 Å². The minimum Gasteiger partial charge on any atom is -0.363 e. The minimum atomic E-state index is -1.13. The van der Waals surface area contributed by atoms with Crippen molar-refractivity contribution in [1.82, 2.24) is 5.16 Å². The fraction of sp³-hybridized carbons (Fsp3) is 0.500. The van der Waals surface area contributed by atoms with Gasteiger partial charge in [0, 0.05) is 24.3 Å². The summed E-state index contributed by atoms with van der Waals surface area (Å²) in [6.07, 6.45) is -0.225. The Balaban J connectivity index is 1.92. The second-order valence-electron chi connectivity index (χ2n) is 5.63. The van der Waals surface area contributed by atoms with E-state index in [1.165, 1.54) is 24.8 Å². The molecule has 0 aliphatic carbocycles. The predicted octanol–water partition coefficient (Wildman–Crippen LogP) is 3.62. The number of rotatable bonds is 6. The van der Waals surface area contributed by atoms with E-state index < -0.39 is 17.9 Å². The number of nitrogens with zero attached hydrogens (tertiary/aromatic N) is 1. The summed E-state index contributed by atoms with van der Waals surface area (Å²) in [5.41, 5.74) is -0.296. The molecule has 1 atom stereocenters. The van der Waals surface area contributed by atoms with Crippen LogP contribution in [-0.2, 0) is 14.3 Å². The molecule has 0 amide bonds. The summed E-state index contributed by atoms with van der Waals surface area (Å²) in [5.74, 6) is -1.37. The number of benzene rings is 1. The zero-order valence-electron chi connectivity index (χ0n) is 13.8. The van der Waals surface area contributed by atoms with Gasteiger partial charge in [0.05, 0.1) is 18.6 Å². The van der Waals surface area contributed by atoms with E-state index in [0.29, 0.717) is 30.2 Å². The third-order valence-electron chi connectivity index (χ3n) is 3.87. The highest BCUT2D eigenvalue weighted by atomic mass is 32.2. The highest BCUT2D eigenvalue weighted by Crippen LogP contribution is 2.35. The molecular formula is C16H18F2N2O4S. The average Bonchev–Trinajstić information content (AvgIpc) is 3.24. The van der Waals surface area contributed by atoms with E-state index in [0.717, 1.165) is 6.42 Å². The summed E-state index contributed by atoms with van der Waals surface area (Å²) < 4.78 is 44.0. The molecule has 1 fully saturated rings. The molecule has 0 bridgehead atoms. The fourth-order valence-corrected chi connectivity index (χ4v) is 3.28. The molecule has 1 aliphatic rings. The number of nitrogens with one attached hydrogen (secondary N) is 1. The molecule has 9 heteroatoms. The molecule has 2 aromatic rings. The predicted molar refractivity (Wildman–Crippen MR) is 89.4 cm³/mol. The van der Waals surface area contributed by atoms with Gasteiger partial charge >= 0.3 is 0 Å². The van der Waals surface area contributed by atoms with Crippen molar-refractivity contribution in [3.05, 3.63) is 23.3 Å². The Labute approximate surface area is 147 Å². The van der Waals surface area contributed by atoms with E-state index in [1.54, 1.807) is 0 Å². The van der Waals surface area contributed by atoms with E-state index >= 15 is 0 Å². The molecule has 2 heterocycles. The molecule has 0 saturated carbocycles. The molecule has 25 heavy (non-hydrogen) atoms. The molecule has 0 radical (unpaired) electrons. The molecule has 1 aromatic carbocycles. The number of anilines is 1. The first-order chi connectivity index (χ1) is 12.0. The lowest BCUT2D eigenvalue weighted by Crippen LogP contribution is -2.22. The normalized spacial score (nSPS) is 16.5. The highest BCUT2D eigenvalue weighted by molar-refractivity contribution is 8.13. The summed E-state index contributed by atoms with van der Waals surface area (Å²) in [4.78, 5) is 11.1. The van der Waals surface area contributed by atoms with Crippen molar-refractivity contribution < 1.29 is 27.6 Å². The van der Waals surface area contributed by atoms with E-state index in [9.17, 15) is 13.6 Å². The largest absolute Gasteiger partial charge is 0.363 e. The summed E-state index contributed by atoms with van der Waals surface area (Å²) in [6, 6.07) is 1.35. The van der Waals surface area contributed by atoms with Crippen molar-refractivity contribution in [2.45, 2.75) is 32.6 Å². The summed E-state index contributed by atoms with van der Waals surface area (Å²) in [7, 11) is 0. The maximum atomic E-state index is 14.3. The Bertz CT molecular complexity index is 777. The van der Waals surface area contributed by atoms with Gasteiger partial charge in [0.1, 0.15) is 0 Å². The third-order valence-corrected chi connectivity index (χ3v) is 4.85. The number of halogens is 2. The maximum absolute atomic E-state index is 14.3. The van der Waals surface area contributed by atoms with Crippen LogP contribution in [-0.4, -0.2) is 35.3 Å². The number of ether oxygens (including phenoxy) is 2. The number of carbonyl (C=O) groups is 1. The van der Waals surface area contributed by atoms with Gasteiger partial charge < -0.3 is 19.3 Å². The maximum Gasteiger partial charge on any atom is 0.207 e. The molecule has 1 unspecified atom stereocenters. The van der Waals surface area contributed by atoms with Crippen molar-refractivity contribution in [2.24, 2.45) is 0 Å². The number of hydrogen-bond acceptors (Lipinski definition) is 7. The molecule has 1 aliphatic heterocycles. The number of hydrogen-bond donors (Lipinski definition) is 1. The Morgan fingerprint density at radius 2 is 2.12 bits per heavy atom. The standard InChI is InChI=1S/C16H18F2N2O4S/c1-3-9(7-25-8(2)21)19-15-11-6-10(16-22-4-5-23-16)12(17)13(18)14(11)24-20-15/h6,9,16H,3-5,7H2,1-2H3,(H,19,20). The molecule has 6 nitrogen and oxygen atoms in total. The molecule has 0 spiro atoms. The van der Waals surface area contributed by atoms with Crippen LogP contribution in [0, 0.1) is 11.6 Å². The van der Waals surface area contributed by atoms with Crippen LogP contribution in [0.1, 0.15) is 32.1 Å². The van der Waals surface area contributed by atoms with Crippen molar-refractivity contribution in [1.29, 1.82) is 0 Å². The minimum absolute atomic E-state index is 0.0104. The van der Waals surface area contributed by atoms with Crippen LogP contribution in [0.25, 0.3) is 11.0 Å². The molecule has 3 rings (SSSR count). The Hall–Kier alpha value is -1.71. The van der Waals surface area contributed by atoms with E-state index in [2.05, 4.69) is 10.5 Å². The van der Waals surface area contributed by atoms with Crippen LogP contribution in [0.15, 0.2) is 10.6 Å². The number of fused-ring (bicyclic) bond motifs is 1. The van der Waals surface area contributed by atoms with Crippen LogP contribution in [0.4, 0.5) is 14.6 Å². The summed E-state index contributed by atoms with van der Waals surface area (Å²) >= 11 is 1.19. The van der Waals surface area contributed by atoms with E-state index in [-0.39, 0.29) is 22.3 Å². The molecule has 1 saturated heterocycles. The van der Waals surface area contributed by atoms with Crippen LogP contribution in [0.3, 0.4) is 0 Å². The first kappa shape index (κ1) is 18.1. The van der Waals surface area contributed by atoms with Gasteiger partial charge in [0.2, 0.25) is 11.4 Å². The van der Waals surface area contributed by atoms with Gasteiger partial charge in [-0.15, -0.1) is 0 Å². The second kappa shape index (κ2) is 7.67. The average molecular weight is 372 g/mol. The van der Waals surface area contributed by atoms with Gasteiger partial charge in [0.15, 0.2) is 23.0 Å². The number of thioether (sulfide) groups is 1. The molecule has 1 aromatic heterocycles. The quantitative estimate of drug-likeness (QED) is 0.830. The first-order valence-electron chi connectivity index (χ1n) is 7.91. The van der Waals surface area contributed by atoms with Crippen molar-refractivity contribution >= 4 is 33.7 Å². The van der Waals surface area contributed by atoms with Crippen LogP contribution in [0.5, 0.6) is 0 Å². The lowest BCUT2D eigenvalue weighted by Gasteiger charge is -2.15. The monoisotopic (exact) mass is 372 g/mol. The molecule has 1 N–H and O–H groups in total. The van der Waals surface area contributed by atoms with Crippen LogP contribution >= 0.6 is 11.8 Å². The van der Waals surface area contributed by atoms with E-state index in [1.807, 2.05) is 6.92 Å². The van der Waals surface area contributed by atoms with Gasteiger partial charge in [-0.1, -0.05) is 23.8 Å². The van der Waals surface area contributed by atoms with Gasteiger partial charge in [-0.2, -0.15) is 4.39 Å². The fourth-order valence-electron chi connectivity index (χ4n) is 2.52. The van der Waals surface area contributed by atoms with Gasteiger partial charge in [0.25, 0.3) is 0 Å². The Morgan fingerprint density at radius 1 is 1.40 bits per heavy atom. The van der Waals surface area contributed by atoms with E-state index in [4.69, 9.17) is 14.0 Å². The van der Waals surface area contributed by atoms with Crippen molar-refractivity contribution in [3.63, 3.8) is 0 Å². The first-order valence-corrected chi connectivity index (χ1v) is 8.90. The highest BCUT2D eigenvalue weighted by Gasteiger charge is 2.28. The zero-order chi connectivity index (χ0) is 18.0. The van der Waals surface area contributed by atoms with Crippen molar-refractivity contribution in [2.75, 3.05) is 24.3 Å². The second-order valence-corrected chi connectivity index (χ2v) is 6.82. The lowest BCUT2D eigenvalue weighted by atomic mass is 10.1. The van der Waals surface area contributed by atoms with Crippen LogP contribution in [0.2, 0.25) is 0 Å². The molecular weight excluding hydrogens is 354 g/mol. The smallest absolute Gasteiger partial charge is 0.207 e. The number of carbonyl (C=O) groups excluding carboxylic acids is 1. The van der Waals surface area contributed by atoms with Crippen LogP contribution < -0.4 is 5.32 Å². The van der Waals surface area contributed by atoms with Gasteiger partial charge in [-0.3, -0.25) is 4.79 Å². The lowest BCUT2D eigenvalue weighted by molar-refractivity contribution is -0.109. The SMILES string of the molecule is CCC(CSC(C)=O)Nc1noc2c(F)c(F)c(C3OCCO3)cc12. The van der Waals surface area contributed by atoms with Crippen molar-refractivity contribution in [3.8, 4) is 0 Å². The third kappa shape index (κ3) is 3.78. The van der Waals surface area contributed by atoms with Gasteiger partial charge in [-0.05, 0) is 12.5 Å². The topological polar surface area (TPSA) is 73.6 Å². The Morgan fingerprint density at radius 3 is 2.76 bits per heavy atom. The summed E-state index contributed by atoms with van der Waals surface area (Å²) in [5, 5.41) is 7.25. The summed E-state index contributed by atoms with van der Waals surface area (Å²) in [6.45, 7) is 4.08. The molecule has 136 valence electrons. The zero-order valence-corrected chi connectivity index (χ0v) is 14.6. The Kier molecular flexibility index (Phi) is 5.55. The number of aromatic nitrogens is 1.